The summed E-state index contributed by atoms with van der Waals surface area (Å²) in [5.41, 5.74) is 0.546. The second-order valence-corrected chi connectivity index (χ2v) is 4.73. The highest BCUT2D eigenvalue weighted by Crippen LogP contribution is 2.52. The Morgan fingerprint density at radius 3 is 2.61 bits per heavy atom. The van der Waals surface area contributed by atoms with Crippen molar-refractivity contribution in [3.63, 3.8) is 0 Å². The number of hydrazone groups is 1. The van der Waals surface area contributed by atoms with Gasteiger partial charge in [-0.05, 0) is 25.0 Å². The summed E-state index contributed by atoms with van der Waals surface area (Å²) in [5.74, 6) is 0.386. The van der Waals surface area contributed by atoms with Crippen molar-refractivity contribution in [1.29, 1.82) is 0 Å². The molecule has 0 N–H and O–H groups in total. The third kappa shape index (κ3) is 1.21. The van der Waals surface area contributed by atoms with Gasteiger partial charge >= 0.3 is 5.91 Å². The molecule has 0 bridgehead atoms. The standard InChI is InChI=1S/C13H14N2O3/c1-9-13(7-8-13)12(16)14(15(9)17)10-5-3-4-6-11(10)18-2/h3-6H,7-8H2,1-2H3. The fraction of sp³-hybridized carbons (Fsp3) is 0.385. The Morgan fingerprint density at radius 1 is 1.39 bits per heavy atom. The molecule has 0 radical (unpaired) electrons. The minimum atomic E-state index is -0.539. The SMILES string of the molecule is COc1ccccc1N1C(=O)C2(CC2)C(C)=[N+]1[O-]. The third-order valence-corrected chi connectivity index (χ3v) is 3.83. The molecule has 1 amide bonds. The summed E-state index contributed by atoms with van der Waals surface area (Å²) < 4.78 is 5.21. The number of nitrogens with zero attached hydrogens (tertiary/aromatic N) is 2. The summed E-state index contributed by atoms with van der Waals surface area (Å²) in [7, 11) is 1.53. The maximum atomic E-state index is 12.4. The van der Waals surface area contributed by atoms with Crippen LogP contribution in [0, 0.1) is 10.6 Å². The quantitative estimate of drug-likeness (QED) is 0.589. The summed E-state index contributed by atoms with van der Waals surface area (Å²) in [6.07, 6.45) is 1.53. The van der Waals surface area contributed by atoms with Gasteiger partial charge in [-0.3, -0.25) is 4.79 Å². The molecule has 1 aliphatic heterocycles. The highest BCUT2D eigenvalue weighted by molar-refractivity contribution is 6.17. The molecule has 2 aliphatic rings. The van der Waals surface area contributed by atoms with E-state index in [4.69, 9.17) is 4.74 Å². The lowest BCUT2D eigenvalue weighted by Crippen LogP contribution is -2.34. The zero-order chi connectivity index (χ0) is 12.9. The molecule has 5 nitrogen and oxygen atoms in total. The van der Waals surface area contributed by atoms with E-state index in [1.54, 1.807) is 25.1 Å². The monoisotopic (exact) mass is 246 g/mol. The van der Waals surface area contributed by atoms with E-state index in [0.29, 0.717) is 22.0 Å². The fourth-order valence-corrected chi connectivity index (χ4v) is 2.49. The maximum absolute atomic E-state index is 12.4. The Kier molecular flexibility index (Phi) is 2.14. The van der Waals surface area contributed by atoms with E-state index in [9.17, 15) is 10.0 Å². The van der Waals surface area contributed by atoms with Crippen LogP contribution < -0.4 is 9.75 Å². The molecule has 0 unspecified atom stereocenters. The highest BCUT2D eigenvalue weighted by Gasteiger charge is 2.65. The van der Waals surface area contributed by atoms with Crippen LogP contribution in [-0.4, -0.2) is 23.6 Å². The van der Waals surface area contributed by atoms with E-state index < -0.39 is 5.41 Å². The second kappa shape index (κ2) is 3.48. The molecule has 1 aromatic rings. The van der Waals surface area contributed by atoms with Gasteiger partial charge in [-0.15, -0.1) is 0 Å². The molecule has 1 aliphatic carbocycles. The van der Waals surface area contributed by atoms with E-state index in [1.165, 1.54) is 12.1 Å². The summed E-state index contributed by atoms with van der Waals surface area (Å²) in [4.78, 5) is 13.1. The van der Waals surface area contributed by atoms with Crippen LogP contribution in [0.3, 0.4) is 0 Å². The van der Waals surface area contributed by atoms with Crippen LogP contribution in [-0.2, 0) is 4.79 Å². The zero-order valence-electron chi connectivity index (χ0n) is 10.3. The van der Waals surface area contributed by atoms with Crippen molar-refractivity contribution in [2.45, 2.75) is 19.8 Å². The Labute approximate surface area is 105 Å². The van der Waals surface area contributed by atoms with Gasteiger partial charge in [0.1, 0.15) is 11.2 Å². The molecule has 0 atom stereocenters. The number of methoxy groups -OCH3 is 1. The number of anilines is 1. The van der Waals surface area contributed by atoms with Gasteiger partial charge in [0, 0.05) is 6.92 Å². The first-order valence-electron chi connectivity index (χ1n) is 5.90. The van der Waals surface area contributed by atoms with E-state index in [-0.39, 0.29) is 5.91 Å². The fourth-order valence-electron chi connectivity index (χ4n) is 2.49. The van der Waals surface area contributed by atoms with Gasteiger partial charge in [-0.25, -0.2) is 0 Å². The van der Waals surface area contributed by atoms with Crippen molar-refractivity contribution in [3.8, 4) is 5.75 Å². The summed E-state index contributed by atoms with van der Waals surface area (Å²) in [6.45, 7) is 1.73. The van der Waals surface area contributed by atoms with Gasteiger partial charge in [-0.2, -0.15) is 0 Å². The summed E-state index contributed by atoms with van der Waals surface area (Å²) >= 11 is 0. The number of carbonyl (C=O) groups excluding carboxylic acids is 1. The number of rotatable bonds is 2. The van der Waals surface area contributed by atoms with Gasteiger partial charge in [0.15, 0.2) is 5.69 Å². The van der Waals surface area contributed by atoms with Gasteiger partial charge in [0.2, 0.25) is 5.71 Å². The lowest BCUT2D eigenvalue weighted by Gasteiger charge is -2.17. The molecule has 1 heterocycles. The van der Waals surface area contributed by atoms with Gasteiger partial charge in [0.05, 0.1) is 7.11 Å². The van der Waals surface area contributed by atoms with Crippen LogP contribution in [0.25, 0.3) is 0 Å². The molecule has 1 aromatic carbocycles. The van der Waals surface area contributed by atoms with E-state index in [1.807, 2.05) is 6.07 Å². The van der Waals surface area contributed by atoms with Gasteiger partial charge in [-0.1, -0.05) is 22.0 Å². The minimum Gasteiger partial charge on any atom is -0.596 e. The number of hydrogen-bond acceptors (Lipinski definition) is 3. The van der Waals surface area contributed by atoms with Crippen molar-refractivity contribution >= 4 is 17.3 Å². The molecule has 1 spiro atoms. The number of amides is 1. The average molecular weight is 246 g/mol. The molecule has 1 fully saturated rings. The van der Waals surface area contributed by atoms with Crippen LogP contribution in [0.5, 0.6) is 5.75 Å². The molecule has 94 valence electrons. The molecular formula is C13H14N2O3. The molecule has 0 saturated heterocycles. The maximum Gasteiger partial charge on any atom is 0.301 e. The molecule has 5 heteroatoms. The largest absolute Gasteiger partial charge is 0.596 e. The number of para-hydroxylation sites is 2. The van der Waals surface area contributed by atoms with E-state index >= 15 is 0 Å². The number of hydrazine groups is 1. The topological polar surface area (TPSA) is 55.6 Å². The predicted octanol–water partition coefficient (Wildman–Crippen LogP) is 1.71. The Hall–Kier alpha value is -2.04. The van der Waals surface area contributed by atoms with Crippen molar-refractivity contribution in [1.82, 2.24) is 0 Å². The van der Waals surface area contributed by atoms with Crippen LogP contribution in [0.2, 0.25) is 0 Å². The Morgan fingerprint density at radius 2 is 2.06 bits per heavy atom. The zero-order valence-corrected chi connectivity index (χ0v) is 10.3. The Balaban J connectivity index is 2.11. The smallest absolute Gasteiger partial charge is 0.301 e. The number of carbonyl (C=O) groups is 1. The lowest BCUT2D eigenvalue weighted by molar-refractivity contribution is -0.456. The van der Waals surface area contributed by atoms with Crippen LogP contribution in [0.4, 0.5) is 5.69 Å². The van der Waals surface area contributed by atoms with E-state index in [2.05, 4.69) is 0 Å². The van der Waals surface area contributed by atoms with Crippen molar-refractivity contribution < 1.29 is 14.4 Å². The number of benzene rings is 1. The first kappa shape index (κ1) is 11.1. The molecule has 18 heavy (non-hydrogen) atoms. The van der Waals surface area contributed by atoms with Crippen molar-refractivity contribution in [2.24, 2.45) is 5.41 Å². The molecular weight excluding hydrogens is 232 g/mol. The number of ether oxygens (including phenoxy) is 1. The third-order valence-electron chi connectivity index (χ3n) is 3.83. The average Bonchev–Trinajstić information content (AvgIpc) is 3.16. The second-order valence-electron chi connectivity index (χ2n) is 4.73. The normalized spacial score (nSPS) is 20.8. The van der Waals surface area contributed by atoms with Crippen LogP contribution in [0.15, 0.2) is 24.3 Å². The van der Waals surface area contributed by atoms with Crippen molar-refractivity contribution in [3.05, 3.63) is 29.5 Å². The lowest BCUT2D eigenvalue weighted by atomic mass is 10.0. The van der Waals surface area contributed by atoms with Crippen LogP contribution >= 0.6 is 0 Å². The van der Waals surface area contributed by atoms with Crippen molar-refractivity contribution in [2.75, 3.05) is 12.1 Å². The summed E-state index contributed by atoms with van der Waals surface area (Å²) in [6, 6.07) is 7.05. The van der Waals surface area contributed by atoms with Crippen LogP contribution in [0.1, 0.15) is 19.8 Å². The molecule has 3 rings (SSSR count). The number of hydrogen-bond donors (Lipinski definition) is 0. The highest BCUT2D eigenvalue weighted by atomic mass is 16.5. The van der Waals surface area contributed by atoms with Gasteiger partial charge in [0.25, 0.3) is 0 Å². The Bertz CT molecular complexity index is 561. The van der Waals surface area contributed by atoms with Gasteiger partial charge < -0.3 is 9.94 Å². The van der Waals surface area contributed by atoms with E-state index in [0.717, 1.165) is 12.8 Å². The predicted molar refractivity (Wildman–Crippen MR) is 66.5 cm³/mol. The minimum absolute atomic E-state index is 0.139. The first-order valence-corrected chi connectivity index (χ1v) is 5.90. The molecule has 1 saturated carbocycles. The summed E-state index contributed by atoms with van der Waals surface area (Å²) in [5, 5.41) is 13.4. The molecule has 0 aromatic heterocycles. The first-order chi connectivity index (χ1) is 8.62.